The molecule has 4 rings (SSSR count). The van der Waals surface area contributed by atoms with Crippen LogP contribution in [-0.4, -0.2) is 95.0 Å². The Balaban J connectivity index is 1.52. The number of halogens is 2. The monoisotopic (exact) mass is 582 g/mol. The summed E-state index contributed by atoms with van der Waals surface area (Å²) in [6, 6.07) is 1.14. The second-order valence-electron chi connectivity index (χ2n) is 10.5. The number of aryl methyl sites for hydroxylation is 1. The third-order valence-corrected chi connectivity index (χ3v) is 9.10. The maximum atomic E-state index is 13.9. The molecular weight excluding hydrogens is 546 g/mol. The van der Waals surface area contributed by atoms with Gasteiger partial charge in [-0.3, -0.25) is 9.59 Å². The maximum absolute atomic E-state index is 13.9. The summed E-state index contributed by atoms with van der Waals surface area (Å²) in [5.41, 5.74) is 0.211. The molecule has 0 saturated carbocycles. The van der Waals surface area contributed by atoms with E-state index in [9.17, 15) is 31.9 Å². The summed E-state index contributed by atoms with van der Waals surface area (Å²) in [5.74, 6) is -2.82. The summed E-state index contributed by atoms with van der Waals surface area (Å²) >= 11 is 0. The Morgan fingerprint density at radius 2 is 1.98 bits per heavy atom. The van der Waals surface area contributed by atoms with Crippen molar-refractivity contribution in [3.63, 3.8) is 0 Å². The highest BCUT2D eigenvalue weighted by atomic mass is 32.2. The molecule has 40 heavy (non-hydrogen) atoms. The highest BCUT2D eigenvalue weighted by molar-refractivity contribution is 7.89. The van der Waals surface area contributed by atoms with Crippen LogP contribution in [0.1, 0.15) is 31.7 Å². The van der Waals surface area contributed by atoms with Gasteiger partial charge in [-0.1, -0.05) is 13.3 Å². The van der Waals surface area contributed by atoms with E-state index in [0.29, 0.717) is 6.54 Å². The van der Waals surface area contributed by atoms with Gasteiger partial charge in [0.1, 0.15) is 11.6 Å². The molecule has 11 nitrogen and oxygen atoms in total. The lowest BCUT2D eigenvalue weighted by Gasteiger charge is -2.38. The molecule has 2 aliphatic heterocycles. The van der Waals surface area contributed by atoms with Crippen molar-refractivity contribution >= 4 is 21.8 Å². The number of amides is 2. The number of benzene rings is 1. The van der Waals surface area contributed by atoms with E-state index in [4.69, 9.17) is 0 Å². The smallest absolute Gasteiger partial charge is 0.262 e. The Labute approximate surface area is 232 Å². The van der Waals surface area contributed by atoms with Crippen LogP contribution in [0.4, 0.5) is 8.78 Å². The Kier molecular flexibility index (Phi) is 9.54. The number of nitrogens with zero attached hydrogens (tertiary/aromatic N) is 4. The van der Waals surface area contributed by atoms with Crippen molar-refractivity contribution in [3.05, 3.63) is 47.9 Å². The zero-order valence-corrected chi connectivity index (χ0v) is 23.4. The molecule has 2 saturated heterocycles. The highest BCUT2D eigenvalue weighted by Crippen LogP contribution is 2.22. The SMILES string of the molecule is CCCCN1CC(C(=O)NC(Cc2cc(F)cc(F)c2)[C@H](O)[C@H]2CN(S(=O)(=O)c3cn(C)cn3)CCN2)CC1=O. The molecule has 3 heterocycles. The number of nitrogens with one attached hydrogen (secondary N) is 2. The Hall–Kier alpha value is -2.94. The summed E-state index contributed by atoms with van der Waals surface area (Å²) in [4.78, 5) is 31.3. The number of unbranched alkanes of at least 4 members (excludes halogenated alkanes) is 1. The van der Waals surface area contributed by atoms with Crippen LogP contribution in [0.3, 0.4) is 0 Å². The highest BCUT2D eigenvalue weighted by Gasteiger charge is 2.39. The quantitative estimate of drug-likeness (QED) is 0.349. The van der Waals surface area contributed by atoms with Gasteiger partial charge in [-0.05, 0) is 30.5 Å². The van der Waals surface area contributed by atoms with E-state index in [1.165, 1.54) is 21.4 Å². The minimum absolute atomic E-state index is 0.0325. The molecular formula is C26H36F2N6O5S. The molecule has 1 aromatic carbocycles. The molecule has 2 amide bonds. The lowest BCUT2D eigenvalue weighted by molar-refractivity contribution is -0.129. The number of imidazole rings is 1. The fourth-order valence-electron chi connectivity index (χ4n) is 5.18. The molecule has 4 atom stereocenters. The third kappa shape index (κ3) is 7.03. The number of aromatic nitrogens is 2. The van der Waals surface area contributed by atoms with Gasteiger partial charge in [0, 0.05) is 64.5 Å². The number of aliphatic hydroxyl groups excluding tert-OH is 1. The average Bonchev–Trinajstić information content (AvgIpc) is 3.52. The second-order valence-corrected chi connectivity index (χ2v) is 12.4. The number of hydrogen-bond donors (Lipinski definition) is 3. The molecule has 220 valence electrons. The number of aliphatic hydroxyl groups is 1. The number of carbonyl (C=O) groups excluding carboxylic acids is 2. The van der Waals surface area contributed by atoms with Crippen LogP contribution in [0.5, 0.6) is 0 Å². The van der Waals surface area contributed by atoms with E-state index in [1.54, 1.807) is 11.9 Å². The van der Waals surface area contributed by atoms with E-state index >= 15 is 0 Å². The van der Waals surface area contributed by atoms with Gasteiger partial charge in [0.15, 0.2) is 5.03 Å². The lowest BCUT2D eigenvalue weighted by atomic mass is 9.94. The first-order valence-corrected chi connectivity index (χ1v) is 14.8. The van der Waals surface area contributed by atoms with Crippen LogP contribution in [0.2, 0.25) is 0 Å². The van der Waals surface area contributed by atoms with Crippen LogP contribution < -0.4 is 10.6 Å². The predicted octanol–water partition coefficient (Wildman–Crippen LogP) is 0.398. The van der Waals surface area contributed by atoms with Crippen LogP contribution in [0.15, 0.2) is 35.7 Å². The molecule has 0 spiro atoms. The minimum Gasteiger partial charge on any atom is -0.389 e. The third-order valence-electron chi connectivity index (χ3n) is 7.35. The maximum Gasteiger partial charge on any atom is 0.262 e. The molecule has 2 unspecified atom stereocenters. The van der Waals surface area contributed by atoms with Gasteiger partial charge in [-0.25, -0.2) is 22.2 Å². The van der Waals surface area contributed by atoms with Gasteiger partial charge in [0.2, 0.25) is 11.8 Å². The first-order chi connectivity index (χ1) is 19.0. The number of carbonyl (C=O) groups is 2. The molecule has 0 aliphatic carbocycles. The van der Waals surface area contributed by atoms with Crippen molar-refractivity contribution in [2.45, 2.75) is 55.8 Å². The van der Waals surface area contributed by atoms with Crippen molar-refractivity contribution in [3.8, 4) is 0 Å². The first kappa shape index (κ1) is 30.0. The molecule has 1 aromatic heterocycles. The van der Waals surface area contributed by atoms with E-state index in [-0.39, 0.29) is 55.5 Å². The van der Waals surface area contributed by atoms with E-state index < -0.39 is 51.7 Å². The van der Waals surface area contributed by atoms with Crippen LogP contribution in [0, 0.1) is 17.6 Å². The van der Waals surface area contributed by atoms with Gasteiger partial charge in [0.05, 0.1) is 24.4 Å². The molecule has 0 radical (unpaired) electrons. The standard InChI is InChI=1S/C26H36F2N6O5S/c1-3-4-6-33-13-18(11-24(33)35)26(37)31-21(10-17-8-19(27)12-20(28)9-17)25(36)22-14-34(7-5-29-22)40(38,39)23-15-32(2)16-30-23/h8-9,12,15-16,18,21-22,25,29,36H,3-7,10-11,13-14H2,1-2H3,(H,31,37)/t18?,21?,22-,25+/m1/s1. The van der Waals surface area contributed by atoms with Crippen molar-refractivity contribution < 1.29 is 31.9 Å². The largest absolute Gasteiger partial charge is 0.389 e. The Morgan fingerprint density at radius 1 is 1.25 bits per heavy atom. The van der Waals surface area contributed by atoms with Gasteiger partial charge in [-0.15, -0.1) is 0 Å². The van der Waals surface area contributed by atoms with Crippen molar-refractivity contribution in [2.24, 2.45) is 13.0 Å². The van der Waals surface area contributed by atoms with E-state index in [1.807, 2.05) is 6.92 Å². The summed E-state index contributed by atoms with van der Waals surface area (Å²) in [6.45, 7) is 3.07. The van der Waals surface area contributed by atoms with Crippen molar-refractivity contribution in [2.75, 3.05) is 32.7 Å². The second kappa shape index (κ2) is 12.7. The average molecular weight is 583 g/mol. The zero-order valence-electron chi connectivity index (χ0n) is 22.6. The number of likely N-dealkylation sites (tertiary alicyclic amines) is 1. The minimum atomic E-state index is -3.94. The first-order valence-electron chi connectivity index (χ1n) is 13.4. The molecule has 14 heteroatoms. The lowest BCUT2D eigenvalue weighted by Crippen LogP contribution is -2.62. The Bertz CT molecular complexity index is 1300. The number of piperazine rings is 1. The summed E-state index contributed by atoms with van der Waals surface area (Å²) < 4.78 is 56.9. The topological polar surface area (TPSA) is 137 Å². The van der Waals surface area contributed by atoms with Crippen molar-refractivity contribution in [1.29, 1.82) is 0 Å². The Morgan fingerprint density at radius 3 is 2.62 bits per heavy atom. The fraction of sp³-hybridized carbons (Fsp3) is 0.577. The summed E-state index contributed by atoms with van der Waals surface area (Å²) in [7, 11) is -2.29. The van der Waals surface area contributed by atoms with Gasteiger partial charge >= 0.3 is 0 Å². The van der Waals surface area contributed by atoms with Gasteiger partial charge < -0.3 is 25.2 Å². The van der Waals surface area contributed by atoms with Crippen molar-refractivity contribution in [1.82, 2.24) is 29.4 Å². The fourth-order valence-corrected chi connectivity index (χ4v) is 6.62. The van der Waals surface area contributed by atoms with E-state index in [2.05, 4.69) is 15.6 Å². The van der Waals surface area contributed by atoms with Crippen LogP contribution in [-0.2, 0) is 33.1 Å². The molecule has 0 bridgehead atoms. The normalized spacial score (nSPS) is 21.9. The summed E-state index contributed by atoms with van der Waals surface area (Å²) in [6.07, 6.45) is 3.07. The molecule has 2 aromatic rings. The molecule has 3 N–H and O–H groups in total. The number of hydrogen-bond acceptors (Lipinski definition) is 7. The number of rotatable bonds is 11. The van der Waals surface area contributed by atoms with E-state index in [0.717, 1.165) is 31.0 Å². The van der Waals surface area contributed by atoms with Gasteiger partial charge in [-0.2, -0.15) is 4.31 Å². The molecule has 2 aliphatic rings. The predicted molar refractivity (Wildman–Crippen MR) is 141 cm³/mol. The zero-order chi connectivity index (χ0) is 29.0. The van der Waals surface area contributed by atoms with Crippen LogP contribution in [0.25, 0.3) is 0 Å². The summed E-state index contributed by atoms with van der Waals surface area (Å²) in [5, 5.41) is 17.2. The number of sulfonamides is 1. The molecule has 2 fully saturated rings. The van der Waals surface area contributed by atoms with Crippen LogP contribution >= 0.6 is 0 Å². The van der Waals surface area contributed by atoms with Gasteiger partial charge in [0.25, 0.3) is 10.0 Å².